The summed E-state index contributed by atoms with van der Waals surface area (Å²) in [4.78, 5) is 4.24. The summed E-state index contributed by atoms with van der Waals surface area (Å²) in [7, 11) is 0. The quantitative estimate of drug-likeness (QED) is 0.199. The maximum absolute atomic E-state index is 11.8. The van der Waals surface area contributed by atoms with Gasteiger partial charge in [0, 0.05) is 50.8 Å². The van der Waals surface area contributed by atoms with Gasteiger partial charge in [0.2, 0.25) is 0 Å². The van der Waals surface area contributed by atoms with Gasteiger partial charge in [-0.05, 0) is 72.3 Å². The van der Waals surface area contributed by atoms with E-state index >= 15 is 0 Å². The number of anilines is 6. The number of para-hydroxylation sites is 5. The number of hydrogen-bond donors (Lipinski definition) is 1. The lowest BCUT2D eigenvalue weighted by atomic mass is 10.0. The Bertz CT molecular complexity index is 2240. The Morgan fingerprint density at radius 2 is 0.957 bits per heavy atom. The molecular weight excluding hydrogens is 564 g/mol. The first-order valence-corrected chi connectivity index (χ1v) is 15.3. The van der Waals surface area contributed by atoms with Crippen LogP contribution in [0.2, 0.25) is 0 Å². The average molecular weight is 595 g/mol. The van der Waals surface area contributed by atoms with Crippen LogP contribution in [-0.4, -0.2) is 5.11 Å². The summed E-state index contributed by atoms with van der Waals surface area (Å²) in [6.45, 7) is 0. The SMILES string of the molecule is Oc1cc(N(c2ccccc2)c2ccccc2)ccc1N(c1ccccc1)c1cccc(-c2cccc3c2oc2ccccc23)c1. The van der Waals surface area contributed by atoms with Gasteiger partial charge in [-0.2, -0.15) is 0 Å². The first-order chi connectivity index (χ1) is 22.7. The van der Waals surface area contributed by atoms with Crippen LogP contribution in [0.1, 0.15) is 0 Å². The van der Waals surface area contributed by atoms with Gasteiger partial charge in [-0.15, -0.1) is 0 Å². The van der Waals surface area contributed by atoms with Gasteiger partial charge in [-0.3, -0.25) is 0 Å². The fourth-order valence-corrected chi connectivity index (χ4v) is 6.23. The molecule has 0 aliphatic rings. The summed E-state index contributed by atoms with van der Waals surface area (Å²) in [6, 6.07) is 59.3. The van der Waals surface area contributed by atoms with Crippen molar-refractivity contribution < 1.29 is 9.52 Å². The second kappa shape index (κ2) is 11.7. The Morgan fingerprint density at radius 3 is 1.63 bits per heavy atom. The molecule has 0 spiro atoms. The molecule has 8 rings (SSSR count). The van der Waals surface area contributed by atoms with Crippen LogP contribution in [0.3, 0.4) is 0 Å². The molecule has 0 radical (unpaired) electrons. The third-order valence-electron chi connectivity index (χ3n) is 8.32. The van der Waals surface area contributed by atoms with E-state index in [4.69, 9.17) is 4.42 Å². The van der Waals surface area contributed by atoms with Gasteiger partial charge >= 0.3 is 0 Å². The molecule has 0 unspecified atom stereocenters. The maximum atomic E-state index is 11.8. The third kappa shape index (κ3) is 4.92. The Labute approximate surface area is 267 Å². The summed E-state index contributed by atoms with van der Waals surface area (Å²) in [5.74, 6) is 0.169. The lowest BCUT2D eigenvalue weighted by Crippen LogP contribution is -2.12. The highest BCUT2D eigenvalue weighted by atomic mass is 16.3. The highest BCUT2D eigenvalue weighted by Crippen LogP contribution is 2.45. The number of phenols is 1. The predicted molar refractivity (Wildman–Crippen MR) is 190 cm³/mol. The molecule has 1 aromatic heterocycles. The number of benzene rings is 7. The normalized spacial score (nSPS) is 11.1. The molecule has 0 aliphatic carbocycles. The largest absolute Gasteiger partial charge is 0.506 e. The molecule has 0 aliphatic heterocycles. The molecule has 8 aromatic rings. The van der Waals surface area contributed by atoms with Gasteiger partial charge in [0.05, 0.1) is 5.69 Å². The first kappa shape index (κ1) is 27.3. The standard InChI is InChI=1S/C42H30N2O2/c45-40-29-35(43(31-15-4-1-5-16-31)32-17-6-2-7-18-32)26-27-39(40)44(33-19-8-3-9-20-33)34-21-12-14-30(28-34)36-23-13-24-38-37-22-10-11-25-41(37)46-42(36)38/h1-29,45H. The predicted octanol–water partition coefficient (Wildman–Crippen LogP) is 11.9. The van der Waals surface area contributed by atoms with Gasteiger partial charge in [-0.1, -0.05) is 103 Å². The van der Waals surface area contributed by atoms with Crippen molar-refractivity contribution in [2.75, 3.05) is 9.80 Å². The molecule has 1 heterocycles. The summed E-state index contributed by atoms with van der Waals surface area (Å²) in [5, 5.41) is 13.9. The number of aromatic hydroxyl groups is 1. The molecular formula is C42H30N2O2. The monoisotopic (exact) mass is 594 g/mol. The topological polar surface area (TPSA) is 39.9 Å². The highest BCUT2D eigenvalue weighted by molar-refractivity contribution is 6.09. The summed E-state index contributed by atoms with van der Waals surface area (Å²) in [5.41, 5.74) is 9.19. The molecule has 1 N–H and O–H groups in total. The molecule has 46 heavy (non-hydrogen) atoms. The van der Waals surface area contributed by atoms with Crippen molar-refractivity contribution in [1.29, 1.82) is 0 Å². The van der Waals surface area contributed by atoms with Crippen LogP contribution < -0.4 is 9.80 Å². The van der Waals surface area contributed by atoms with Crippen molar-refractivity contribution in [3.63, 3.8) is 0 Å². The van der Waals surface area contributed by atoms with E-state index in [1.807, 2.05) is 84.9 Å². The molecule has 0 fully saturated rings. The lowest BCUT2D eigenvalue weighted by Gasteiger charge is -2.29. The zero-order valence-electron chi connectivity index (χ0n) is 25.0. The van der Waals surface area contributed by atoms with E-state index in [9.17, 15) is 5.11 Å². The van der Waals surface area contributed by atoms with Crippen molar-refractivity contribution in [1.82, 2.24) is 0 Å². The maximum Gasteiger partial charge on any atom is 0.143 e. The molecule has 7 aromatic carbocycles. The minimum atomic E-state index is 0.169. The average Bonchev–Trinajstić information content (AvgIpc) is 3.50. The molecule has 0 bridgehead atoms. The zero-order valence-corrected chi connectivity index (χ0v) is 25.0. The van der Waals surface area contributed by atoms with E-state index in [1.165, 1.54) is 0 Å². The molecule has 220 valence electrons. The Hall–Kier alpha value is -6.26. The van der Waals surface area contributed by atoms with Crippen LogP contribution in [0.4, 0.5) is 34.1 Å². The number of rotatable bonds is 7. The van der Waals surface area contributed by atoms with Crippen molar-refractivity contribution in [2.45, 2.75) is 0 Å². The Morgan fingerprint density at radius 1 is 0.413 bits per heavy atom. The molecule has 4 nitrogen and oxygen atoms in total. The Balaban J connectivity index is 1.25. The van der Waals surface area contributed by atoms with Crippen molar-refractivity contribution >= 4 is 56.1 Å². The van der Waals surface area contributed by atoms with Crippen LogP contribution in [0.5, 0.6) is 5.75 Å². The third-order valence-corrected chi connectivity index (χ3v) is 8.32. The zero-order chi connectivity index (χ0) is 30.9. The molecule has 0 saturated heterocycles. The minimum Gasteiger partial charge on any atom is -0.506 e. The smallest absolute Gasteiger partial charge is 0.143 e. The van der Waals surface area contributed by atoms with E-state index < -0.39 is 0 Å². The van der Waals surface area contributed by atoms with Gasteiger partial charge in [-0.25, -0.2) is 0 Å². The van der Waals surface area contributed by atoms with Gasteiger partial charge in [0.1, 0.15) is 16.9 Å². The van der Waals surface area contributed by atoms with Crippen LogP contribution in [0.15, 0.2) is 180 Å². The summed E-state index contributed by atoms with van der Waals surface area (Å²) >= 11 is 0. The van der Waals surface area contributed by atoms with Gasteiger partial charge in [0.15, 0.2) is 0 Å². The van der Waals surface area contributed by atoms with E-state index in [2.05, 4.69) is 101 Å². The van der Waals surface area contributed by atoms with Gasteiger partial charge in [0.25, 0.3) is 0 Å². The fourth-order valence-electron chi connectivity index (χ4n) is 6.23. The number of hydrogen-bond acceptors (Lipinski definition) is 4. The van der Waals surface area contributed by atoms with E-state index in [0.29, 0.717) is 5.69 Å². The number of phenolic OH excluding ortho intramolecular Hbond substituents is 1. The van der Waals surface area contributed by atoms with Crippen LogP contribution in [-0.2, 0) is 0 Å². The minimum absolute atomic E-state index is 0.169. The van der Waals surface area contributed by atoms with Crippen molar-refractivity contribution in [2.24, 2.45) is 0 Å². The second-order valence-electron chi connectivity index (χ2n) is 11.2. The number of furan rings is 1. The molecule has 0 saturated carbocycles. The summed E-state index contributed by atoms with van der Waals surface area (Å²) < 4.78 is 6.38. The second-order valence-corrected chi connectivity index (χ2v) is 11.2. The molecule has 0 amide bonds. The molecule has 4 heteroatoms. The molecule has 0 atom stereocenters. The van der Waals surface area contributed by atoms with Crippen LogP contribution in [0, 0.1) is 0 Å². The van der Waals surface area contributed by atoms with E-state index in [0.717, 1.165) is 61.5 Å². The highest BCUT2D eigenvalue weighted by Gasteiger charge is 2.20. The van der Waals surface area contributed by atoms with Crippen molar-refractivity contribution in [3.05, 3.63) is 176 Å². The fraction of sp³-hybridized carbons (Fsp3) is 0. The number of nitrogens with zero attached hydrogens (tertiary/aromatic N) is 2. The van der Waals surface area contributed by atoms with E-state index in [1.54, 1.807) is 0 Å². The Kier molecular flexibility index (Phi) is 6.93. The lowest BCUT2D eigenvalue weighted by molar-refractivity contribution is 0.476. The van der Waals surface area contributed by atoms with Crippen LogP contribution >= 0.6 is 0 Å². The van der Waals surface area contributed by atoms with Crippen molar-refractivity contribution in [3.8, 4) is 16.9 Å². The summed E-state index contributed by atoms with van der Waals surface area (Å²) in [6.07, 6.45) is 0. The van der Waals surface area contributed by atoms with E-state index in [-0.39, 0.29) is 5.75 Å². The van der Waals surface area contributed by atoms with Gasteiger partial charge < -0.3 is 19.3 Å². The van der Waals surface area contributed by atoms with Crippen LogP contribution in [0.25, 0.3) is 33.1 Å². The first-order valence-electron chi connectivity index (χ1n) is 15.3. The number of fused-ring (bicyclic) bond motifs is 3.